The highest BCUT2D eigenvalue weighted by Crippen LogP contribution is 2.65. The van der Waals surface area contributed by atoms with Crippen LogP contribution in [0.25, 0.3) is 0 Å². The van der Waals surface area contributed by atoms with Crippen molar-refractivity contribution in [2.24, 2.45) is 0 Å². The Morgan fingerprint density at radius 1 is 1.26 bits per heavy atom. The molecule has 2 aliphatic carbocycles. The molecule has 4 aliphatic rings. The third kappa shape index (κ3) is 3.34. The summed E-state index contributed by atoms with van der Waals surface area (Å²) in [5, 5.41) is 21.0. The summed E-state index contributed by atoms with van der Waals surface area (Å²) in [6, 6.07) is 3.76. The lowest BCUT2D eigenvalue weighted by Crippen LogP contribution is -2.74. The van der Waals surface area contributed by atoms with E-state index in [-0.39, 0.29) is 18.9 Å². The number of ether oxygens (including phenoxy) is 4. The van der Waals surface area contributed by atoms with Crippen LogP contribution >= 0.6 is 0 Å². The largest absolute Gasteiger partial charge is 0.493 e. The zero-order valence-electron chi connectivity index (χ0n) is 19.9. The van der Waals surface area contributed by atoms with E-state index in [1.54, 1.807) is 13.2 Å². The highest BCUT2D eigenvalue weighted by Gasteiger charge is 2.72. The first-order valence-corrected chi connectivity index (χ1v) is 11.7. The molecule has 5 rings (SSSR count). The highest BCUT2D eigenvalue weighted by molar-refractivity contribution is 5.81. The molecule has 2 aliphatic heterocycles. The van der Waals surface area contributed by atoms with E-state index in [4.69, 9.17) is 24.1 Å². The van der Waals surface area contributed by atoms with Crippen molar-refractivity contribution < 1.29 is 43.5 Å². The Labute approximate surface area is 202 Å². The van der Waals surface area contributed by atoms with Crippen LogP contribution in [0, 0.1) is 0 Å². The number of piperidine rings is 1. The Morgan fingerprint density at radius 2 is 2.00 bits per heavy atom. The van der Waals surface area contributed by atoms with E-state index in [0.717, 1.165) is 17.7 Å². The lowest BCUT2D eigenvalue weighted by molar-refractivity contribution is -0.170. The number of carbonyl (C=O) groups excluding carboxylic acids is 2. The van der Waals surface area contributed by atoms with Gasteiger partial charge in [0.05, 0.1) is 31.0 Å². The van der Waals surface area contributed by atoms with Crippen LogP contribution in [0.15, 0.2) is 24.0 Å². The second kappa shape index (κ2) is 8.23. The smallest absolute Gasteiger partial charge is 0.344 e. The molecule has 2 heterocycles. The quantitative estimate of drug-likeness (QED) is 0.543. The molecular formula is C25H29NO9. The molecular weight excluding hydrogens is 458 g/mol. The van der Waals surface area contributed by atoms with E-state index in [0.29, 0.717) is 36.5 Å². The van der Waals surface area contributed by atoms with Crippen LogP contribution in [0.2, 0.25) is 0 Å². The molecule has 0 amide bonds. The van der Waals surface area contributed by atoms with Gasteiger partial charge in [-0.25, -0.2) is 4.79 Å². The molecule has 188 valence electrons. The molecule has 0 saturated carbocycles. The minimum absolute atomic E-state index is 0.117. The van der Waals surface area contributed by atoms with Gasteiger partial charge in [0.2, 0.25) is 0 Å². The number of carboxylic acid groups (broad SMARTS) is 1. The number of aliphatic carboxylic acids is 1. The number of carbonyl (C=O) groups is 3. The van der Waals surface area contributed by atoms with Crippen LogP contribution < -0.4 is 9.47 Å². The topological polar surface area (TPSA) is 132 Å². The van der Waals surface area contributed by atoms with Crippen LogP contribution in [0.1, 0.15) is 43.7 Å². The number of likely N-dealkylation sites (N-methyl/N-ethyl adjacent to an activating group) is 1. The maximum Gasteiger partial charge on any atom is 0.344 e. The molecule has 1 saturated heterocycles. The van der Waals surface area contributed by atoms with Gasteiger partial charge in [0.15, 0.2) is 23.7 Å². The Morgan fingerprint density at radius 3 is 2.71 bits per heavy atom. The Bertz CT molecular complexity index is 1130. The Kier molecular flexibility index (Phi) is 5.56. The second-order valence-electron chi connectivity index (χ2n) is 9.73. The number of likely N-dealkylation sites (tertiary alicyclic amines) is 1. The molecule has 35 heavy (non-hydrogen) atoms. The highest BCUT2D eigenvalue weighted by atomic mass is 16.6. The maximum atomic E-state index is 12.6. The fourth-order valence-electron chi connectivity index (χ4n) is 6.28. The fraction of sp³-hybridized carbons (Fsp3) is 0.560. The van der Waals surface area contributed by atoms with Gasteiger partial charge in [0.1, 0.15) is 5.76 Å². The molecule has 1 fully saturated rings. The van der Waals surface area contributed by atoms with Gasteiger partial charge in [0.25, 0.3) is 0 Å². The van der Waals surface area contributed by atoms with Gasteiger partial charge in [-0.05, 0) is 51.1 Å². The minimum Gasteiger partial charge on any atom is -0.493 e. The van der Waals surface area contributed by atoms with Crippen LogP contribution in [0.3, 0.4) is 0 Å². The number of benzene rings is 1. The van der Waals surface area contributed by atoms with Gasteiger partial charge in [-0.15, -0.1) is 0 Å². The molecule has 0 aromatic heterocycles. The van der Waals surface area contributed by atoms with E-state index in [2.05, 4.69) is 4.90 Å². The average molecular weight is 488 g/mol. The first-order valence-electron chi connectivity index (χ1n) is 11.7. The van der Waals surface area contributed by atoms with Crippen molar-refractivity contribution in [3.05, 3.63) is 35.1 Å². The third-order valence-electron chi connectivity index (χ3n) is 7.98. The molecule has 10 heteroatoms. The normalized spacial score (nSPS) is 30.9. The molecule has 0 radical (unpaired) electrons. The number of hydrogen-bond donors (Lipinski definition) is 2. The zero-order chi connectivity index (χ0) is 25.1. The van der Waals surface area contributed by atoms with Gasteiger partial charge in [-0.3, -0.25) is 9.59 Å². The number of hydrogen-bond acceptors (Lipinski definition) is 9. The summed E-state index contributed by atoms with van der Waals surface area (Å²) in [5.74, 6) is -1.28. The van der Waals surface area contributed by atoms with Gasteiger partial charge in [0, 0.05) is 18.0 Å². The monoisotopic (exact) mass is 487 g/mol. The van der Waals surface area contributed by atoms with Crippen molar-refractivity contribution in [3.8, 4) is 11.5 Å². The van der Waals surface area contributed by atoms with Crippen molar-refractivity contribution in [2.45, 2.75) is 68.3 Å². The van der Waals surface area contributed by atoms with Crippen molar-refractivity contribution in [2.75, 3.05) is 20.7 Å². The zero-order valence-corrected chi connectivity index (χ0v) is 19.9. The summed E-state index contributed by atoms with van der Waals surface area (Å²) < 4.78 is 22.4. The van der Waals surface area contributed by atoms with Crippen molar-refractivity contribution >= 4 is 17.9 Å². The maximum absolute atomic E-state index is 12.6. The van der Waals surface area contributed by atoms with Crippen LogP contribution in [-0.4, -0.2) is 77.6 Å². The predicted octanol–water partition coefficient (Wildman–Crippen LogP) is 1.31. The molecule has 2 N–H and O–H groups in total. The molecule has 1 spiro atoms. The van der Waals surface area contributed by atoms with Crippen LogP contribution in [0.4, 0.5) is 0 Å². The molecule has 0 unspecified atom stereocenters. The van der Waals surface area contributed by atoms with E-state index in [1.807, 2.05) is 19.2 Å². The summed E-state index contributed by atoms with van der Waals surface area (Å²) in [6.45, 7) is 1.99. The molecule has 10 nitrogen and oxygen atoms in total. The van der Waals surface area contributed by atoms with Gasteiger partial charge < -0.3 is 34.1 Å². The number of rotatable bonds is 7. The minimum atomic E-state index is -1.30. The molecule has 2 bridgehead atoms. The average Bonchev–Trinajstić information content (AvgIpc) is 3.17. The van der Waals surface area contributed by atoms with Gasteiger partial charge >= 0.3 is 17.9 Å². The third-order valence-corrected chi connectivity index (χ3v) is 7.98. The molecule has 1 aromatic rings. The fourth-order valence-corrected chi connectivity index (χ4v) is 6.28. The number of aliphatic hydroxyl groups is 1. The standard InChI is InChI=1S/C25H29NO9/c1-13(23(29)30)33-18(27)6-7-19(28)34-16-8-9-25(31)17-12-14-4-5-15(32-3)21-20(14)24(25,22(16)35-21)10-11-26(17)2/h4-5,8,13,17,22,31H,6-7,9-12H2,1-3H3,(H,29,30)/t13-,17-,22+,24+,25-/m0/s1. The van der Waals surface area contributed by atoms with Gasteiger partial charge in [-0.2, -0.15) is 0 Å². The van der Waals surface area contributed by atoms with E-state index in [1.165, 1.54) is 6.92 Å². The summed E-state index contributed by atoms with van der Waals surface area (Å²) in [6.07, 6.45) is 0.689. The SMILES string of the molecule is COc1ccc2c3c1O[C@@H]1C(OC(=O)CCC(=O)O[C@@H](C)C(=O)O)=CC[C@]4(O)[C@H](C2)N(C)CC[C@@]314. The van der Waals surface area contributed by atoms with Crippen LogP contribution in [-0.2, 0) is 35.7 Å². The number of nitrogens with zero attached hydrogens (tertiary/aromatic N) is 1. The summed E-state index contributed by atoms with van der Waals surface area (Å²) in [5.41, 5.74) is 0.123. The summed E-state index contributed by atoms with van der Waals surface area (Å²) in [4.78, 5) is 37.6. The Hall–Kier alpha value is -3.11. The van der Waals surface area contributed by atoms with E-state index in [9.17, 15) is 19.5 Å². The van der Waals surface area contributed by atoms with Crippen molar-refractivity contribution in [3.63, 3.8) is 0 Å². The number of esters is 2. The van der Waals surface area contributed by atoms with Gasteiger partial charge in [-0.1, -0.05) is 6.07 Å². The number of methoxy groups -OCH3 is 1. The first kappa shape index (κ1) is 23.6. The van der Waals surface area contributed by atoms with Crippen LogP contribution in [0.5, 0.6) is 11.5 Å². The second-order valence-corrected chi connectivity index (χ2v) is 9.73. The predicted molar refractivity (Wildman–Crippen MR) is 120 cm³/mol. The van der Waals surface area contributed by atoms with Crippen molar-refractivity contribution in [1.82, 2.24) is 4.90 Å². The van der Waals surface area contributed by atoms with E-state index < -0.39 is 41.1 Å². The summed E-state index contributed by atoms with van der Waals surface area (Å²) in [7, 11) is 3.58. The molecule has 5 atom stereocenters. The molecule has 1 aromatic carbocycles. The van der Waals surface area contributed by atoms with Crippen molar-refractivity contribution in [1.29, 1.82) is 0 Å². The number of carboxylic acids is 1. The lowest BCUT2D eigenvalue weighted by atomic mass is 9.50. The lowest BCUT2D eigenvalue weighted by Gasteiger charge is -2.61. The van der Waals surface area contributed by atoms with E-state index >= 15 is 0 Å². The summed E-state index contributed by atoms with van der Waals surface area (Å²) >= 11 is 0. The first-order chi connectivity index (χ1) is 16.6. The Balaban J connectivity index is 1.41.